The molecule has 0 radical (unpaired) electrons. The quantitative estimate of drug-likeness (QED) is 0.561. The maximum absolute atomic E-state index is 13.4. The molecular formula is C22H18N4O. The second-order valence-corrected chi connectivity index (χ2v) is 6.56. The molecule has 0 fully saturated rings. The molecule has 1 amide bonds. The minimum atomic E-state index is -0.0224. The molecule has 0 saturated heterocycles. The smallest absolute Gasteiger partial charge is 0.263 e. The second-order valence-electron chi connectivity index (χ2n) is 6.56. The fourth-order valence-electron chi connectivity index (χ4n) is 3.67. The molecule has 0 unspecified atom stereocenters. The van der Waals surface area contributed by atoms with E-state index >= 15 is 0 Å². The molecule has 0 N–H and O–H groups in total. The number of hydrogen-bond donors (Lipinski definition) is 0. The van der Waals surface area contributed by atoms with Crippen LogP contribution in [0.15, 0.2) is 85.3 Å². The predicted octanol–water partition coefficient (Wildman–Crippen LogP) is 3.87. The monoisotopic (exact) mass is 354 g/mol. The van der Waals surface area contributed by atoms with E-state index in [0.29, 0.717) is 12.1 Å². The van der Waals surface area contributed by atoms with Gasteiger partial charge in [0, 0.05) is 24.6 Å². The van der Waals surface area contributed by atoms with Gasteiger partial charge in [0.15, 0.2) is 5.82 Å². The lowest BCUT2D eigenvalue weighted by molar-refractivity contribution is 0.0989. The number of carbonyl (C=O) groups is 1. The summed E-state index contributed by atoms with van der Waals surface area (Å²) in [5.74, 6) is 0.728. The number of para-hydroxylation sites is 2. The van der Waals surface area contributed by atoms with Gasteiger partial charge in [-0.15, -0.1) is 0 Å². The molecule has 0 saturated carbocycles. The topological polar surface area (TPSA) is 43.1 Å². The van der Waals surface area contributed by atoms with Gasteiger partial charge in [-0.05, 0) is 42.3 Å². The van der Waals surface area contributed by atoms with Crippen LogP contribution in [-0.2, 0) is 6.42 Å². The highest BCUT2D eigenvalue weighted by Gasteiger charge is 2.29. The zero-order chi connectivity index (χ0) is 18.2. The second kappa shape index (κ2) is 6.29. The summed E-state index contributed by atoms with van der Waals surface area (Å²) >= 11 is 0. The summed E-state index contributed by atoms with van der Waals surface area (Å²) in [6.07, 6.45) is 6.43. The Balaban J connectivity index is 1.63. The Morgan fingerprint density at radius 3 is 2.44 bits per heavy atom. The first-order chi connectivity index (χ1) is 13.3. The standard InChI is InChI=1S/C22H18N4O/c27-22(25-15-12-17-8-4-5-11-20(17)25)19-16-23-26(18-9-2-1-3-10-18)21(19)24-13-6-7-14-24/h1-11,13-14,16H,12,15H2. The Bertz CT molecular complexity index is 1100. The average Bonchev–Trinajstić information content (AvgIpc) is 3.46. The van der Waals surface area contributed by atoms with Crippen LogP contribution < -0.4 is 4.90 Å². The number of amides is 1. The molecule has 2 aromatic carbocycles. The minimum Gasteiger partial charge on any atom is -0.308 e. The van der Waals surface area contributed by atoms with Crippen LogP contribution in [0.4, 0.5) is 5.69 Å². The molecule has 0 atom stereocenters. The molecule has 5 heteroatoms. The summed E-state index contributed by atoms with van der Waals surface area (Å²) in [5, 5.41) is 4.54. The van der Waals surface area contributed by atoms with Gasteiger partial charge in [-0.25, -0.2) is 4.68 Å². The third kappa shape index (κ3) is 2.56. The summed E-state index contributed by atoms with van der Waals surface area (Å²) in [6.45, 7) is 0.694. The Labute approximate surface area is 157 Å². The van der Waals surface area contributed by atoms with Crippen molar-refractivity contribution < 1.29 is 4.79 Å². The van der Waals surface area contributed by atoms with Crippen LogP contribution in [0.3, 0.4) is 0 Å². The SMILES string of the molecule is O=C(c1cnn(-c2ccccc2)c1-n1cccc1)N1CCc2ccccc21. The summed E-state index contributed by atoms with van der Waals surface area (Å²) in [7, 11) is 0. The van der Waals surface area contributed by atoms with E-state index in [0.717, 1.165) is 23.6 Å². The van der Waals surface area contributed by atoms with E-state index in [9.17, 15) is 4.79 Å². The van der Waals surface area contributed by atoms with E-state index in [-0.39, 0.29) is 5.91 Å². The first kappa shape index (κ1) is 15.6. The van der Waals surface area contributed by atoms with Crippen LogP contribution >= 0.6 is 0 Å². The van der Waals surface area contributed by atoms with Gasteiger partial charge in [-0.1, -0.05) is 36.4 Å². The maximum Gasteiger partial charge on any atom is 0.263 e. The molecule has 0 aliphatic carbocycles. The molecule has 3 heterocycles. The van der Waals surface area contributed by atoms with Gasteiger partial charge in [0.25, 0.3) is 5.91 Å². The number of hydrogen-bond acceptors (Lipinski definition) is 2. The van der Waals surface area contributed by atoms with Crippen LogP contribution in [0.25, 0.3) is 11.5 Å². The van der Waals surface area contributed by atoms with Crippen LogP contribution in [0.5, 0.6) is 0 Å². The van der Waals surface area contributed by atoms with Crippen LogP contribution in [0.2, 0.25) is 0 Å². The molecule has 0 spiro atoms. The van der Waals surface area contributed by atoms with Crippen molar-refractivity contribution in [1.29, 1.82) is 0 Å². The van der Waals surface area contributed by atoms with E-state index in [1.165, 1.54) is 5.56 Å². The number of anilines is 1. The number of rotatable bonds is 3. The van der Waals surface area contributed by atoms with E-state index in [1.54, 1.807) is 6.20 Å². The number of aromatic nitrogens is 3. The van der Waals surface area contributed by atoms with Crippen molar-refractivity contribution in [3.05, 3.63) is 96.4 Å². The van der Waals surface area contributed by atoms with Crippen molar-refractivity contribution in [2.75, 3.05) is 11.4 Å². The lowest BCUT2D eigenvalue weighted by Gasteiger charge is -2.18. The molecule has 2 aromatic heterocycles. The molecule has 5 rings (SSSR count). The summed E-state index contributed by atoms with van der Waals surface area (Å²) in [4.78, 5) is 15.3. The molecule has 1 aliphatic heterocycles. The van der Waals surface area contributed by atoms with Crippen molar-refractivity contribution >= 4 is 11.6 Å². The largest absolute Gasteiger partial charge is 0.308 e. The first-order valence-electron chi connectivity index (χ1n) is 8.99. The van der Waals surface area contributed by atoms with E-state index < -0.39 is 0 Å². The van der Waals surface area contributed by atoms with E-state index in [1.807, 2.05) is 87.2 Å². The zero-order valence-electron chi connectivity index (χ0n) is 14.7. The highest BCUT2D eigenvalue weighted by atomic mass is 16.2. The number of benzene rings is 2. The van der Waals surface area contributed by atoms with Crippen molar-refractivity contribution in [2.45, 2.75) is 6.42 Å². The Kier molecular flexibility index (Phi) is 3.64. The lowest BCUT2D eigenvalue weighted by Crippen LogP contribution is -2.29. The van der Waals surface area contributed by atoms with Gasteiger partial charge in [-0.3, -0.25) is 4.79 Å². The lowest BCUT2D eigenvalue weighted by atomic mass is 10.2. The van der Waals surface area contributed by atoms with Crippen molar-refractivity contribution in [3.63, 3.8) is 0 Å². The molecule has 1 aliphatic rings. The third-order valence-electron chi connectivity index (χ3n) is 4.96. The van der Waals surface area contributed by atoms with Crippen molar-refractivity contribution in [2.24, 2.45) is 0 Å². The van der Waals surface area contributed by atoms with Gasteiger partial charge in [0.2, 0.25) is 0 Å². The summed E-state index contributed by atoms with van der Waals surface area (Å²) in [5.41, 5.74) is 3.71. The van der Waals surface area contributed by atoms with Crippen LogP contribution in [0, 0.1) is 0 Å². The van der Waals surface area contributed by atoms with Crippen molar-refractivity contribution in [1.82, 2.24) is 14.3 Å². The maximum atomic E-state index is 13.4. The van der Waals surface area contributed by atoms with Gasteiger partial charge in [0.05, 0.1) is 11.9 Å². The first-order valence-corrected chi connectivity index (χ1v) is 8.99. The average molecular weight is 354 g/mol. The van der Waals surface area contributed by atoms with E-state index in [2.05, 4.69) is 11.2 Å². The Hall–Kier alpha value is -3.60. The predicted molar refractivity (Wildman–Crippen MR) is 105 cm³/mol. The molecule has 4 aromatic rings. The van der Waals surface area contributed by atoms with E-state index in [4.69, 9.17) is 0 Å². The Morgan fingerprint density at radius 1 is 0.889 bits per heavy atom. The van der Waals surface area contributed by atoms with Crippen molar-refractivity contribution in [3.8, 4) is 11.5 Å². The van der Waals surface area contributed by atoms with Gasteiger partial charge < -0.3 is 9.47 Å². The van der Waals surface area contributed by atoms with Gasteiger partial charge in [0.1, 0.15) is 5.56 Å². The van der Waals surface area contributed by atoms with Crippen LogP contribution in [-0.4, -0.2) is 26.8 Å². The van der Waals surface area contributed by atoms with Gasteiger partial charge >= 0.3 is 0 Å². The summed E-state index contributed by atoms with van der Waals surface area (Å²) in [6, 6.07) is 21.9. The molecule has 132 valence electrons. The Morgan fingerprint density at radius 2 is 1.63 bits per heavy atom. The van der Waals surface area contributed by atoms with Gasteiger partial charge in [-0.2, -0.15) is 5.10 Å². The highest BCUT2D eigenvalue weighted by Crippen LogP contribution is 2.30. The molecular weight excluding hydrogens is 336 g/mol. The number of fused-ring (bicyclic) bond motifs is 1. The number of carbonyl (C=O) groups excluding carboxylic acids is 1. The minimum absolute atomic E-state index is 0.0224. The zero-order valence-corrected chi connectivity index (χ0v) is 14.7. The fourth-order valence-corrected chi connectivity index (χ4v) is 3.67. The normalized spacial score (nSPS) is 13.0. The highest BCUT2D eigenvalue weighted by molar-refractivity contribution is 6.09. The van der Waals surface area contributed by atoms with Crippen LogP contribution in [0.1, 0.15) is 15.9 Å². The fraction of sp³-hybridized carbons (Fsp3) is 0.0909. The molecule has 0 bridgehead atoms. The molecule has 5 nitrogen and oxygen atoms in total. The summed E-state index contributed by atoms with van der Waals surface area (Å²) < 4.78 is 3.75. The number of nitrogens with zero attached hydrogens (tertiary/aromatic N) is 4. The molecule has 27 heavy (non-hydrogen) atoms. The third-order valence-corrected chi connectivity index (χ3v) is 4.96.